The molecular formula is C24H28Cl2FNO4. The lowest BCUT2D eigenvalue weighted by Crippen LogP contribution is -2.44. The SMILES string of the molecule is CCc1ccc(Cl)c(COc2ccc3c(c2F)OCC32CCN(CCC(=O)O)CC2)c1.Cl. The smallest absolute Gasteiger partial charge is 0.304 e. The molecule has 0 aliphatic carbocycles. The molecule has 4 rings (SSSR count). The van der Waals surface area contributed by atoms with Gasteiger partial charge in [0.05, 0.1) is 13.0 Å². The van der Waals surface area contributed by atoms with E-state index < -0.39 is 11.8 Å². The molecule has 1 fully saturated rings. The first-order valence-corrected chi connectivity index (χ1v) is 11.1. The summed E-state index contributed by atoms with van der Waals surface area (Å²) in [5.74, 6) is -0.810. The summed E-state index contributed by atoms with van der Waals surface area (Å²) >= 11 is 6.27. The third-order valence-electron chi connectivity index (χ3n) is 6.48. The minimum atomic E-state index is -0.785. The fraction of sp³-hybridized carbons (Fsp3) is 0.458. The van der Waals surface area contributed by atoms with Gasteiger partial charge in [-0.2, -0.15) is 4.39 Å². The second-order valence-corrected chi connectivity index (χ2v) is 8.78. The number of aliphatic carboxylic acids is 1. The van der Waals surface area contributed by atoms with Crippen molar-refractivity contribution in [1.29, 1.82) is 0 Å². The van der Waals surface area contributed by atoms with Crippen molar-refractivity contribution >= 4 is 30.0 Å². The summed E-state index contributed by atoms with van der Waals surface area (Å²) in [5.41, 5.74) is 2.65. The number of carboxylic acid groups (broad SMARTS) is 1. The topological polar surface area (TPSA) is 59.0 Å². The van der Waals surface area contributed by atoms with Crippen LogP contribution in [0.15, 0.2) is 30.3 Å². The molecule has 2 aromatic rings. The largest absolute Gasteiger partial charge is 0.489 e. The van der Waals surface area contributed by atoms with Crippen LogP contribution in [-0.2, 0) is 23.2 Å². The molecule has 0 amide bonds. The van der Waals surface area contributed by atoms with Crippen molar-refractivity contribution < 1.29 is 23.8 Å². The first kappa shape index (κ1) is 24.6. The van der Waals surface area contributed by atoms with E-state index >= 15 is 4.39 Å². The van der Waals surface area contributed by atoms with E-state index in [1.807, 2.05) is 24.3 Å². The van der Waals surface area contributed by atoms with E-state index in [0.717, 1.165) is 49.0 Å². The van der Waals surface area contributed by atoms with Crippen LogP contribution in [0.1, 0.15) is 42.9 Å². The van der Waals surface area contributed by atoms with Gasteiger partial charge in [0.2, 0.25) is 5.82 Å². The predicted molar refractivity (Wildman–Crippen MR) is 124 cm³/mol. The number of halogens is 3. The Hall–Kier alpha value is -2.02. The number of hydrogen-bond acceptors (Lipinski definition) is 4. The molecule has 174 valence electrons. The van der Waals surface area contributed by atoms with E-state index in [9.17, 15) is 4.79 Å². The number of ether oxygens (including phenoxy) is 2. The maximum Gasteiger partial charge on any atom is 0.304 e. The summed E-state index contributed by atoms with van der Waals surface area (Å²) in [6.07, 6.45) is 2.67. The predicted octanol–water partition coefficient (Wildman–Crippen LogP) is 5.24. The van der Waals surface area contributed by atoms with E-state index in [0.29, 0.717) is 18.2 Å². The Kier molecular flexibility index (Phi) is 7.91. The monoisotopic (exact) mass is 483 g/mol. The minimum Gasteiger partial charge on any atom is -0.489 e. The Morgan fingerprint density at radius 1 is 1.28 bits per heavy atom. The third kappa shape index (κ3) is 4.98. The second-order valence-electron chi connectivity index (χ2n) is 8.38. The van der Waals surface area contributed by atoms with E-state index in [1.54, 1.807) is 6.07 Å². The molecule has 2 aliphatic heterocycles. The average molecular weight is 484 g/mol. The molecule has 8 heteroatoms. The molecule has 5 nitrogen and oxygen atoms in total. The standard InChI is InChI=1S/C24H27ClFNO4.ClH/c1-2-16-3-5-19(25)17(13-16)14-30-20-6-4-18-23(22(20)26)31-15-24(18)8-11-27(12-9-24)10-7-21(28)29;/h3-6,13H,2,7-12,14-15H2,1H3,(H,28,29);1H. The number of carbonyl (C=O) groups is 1. The zero-order valence-electron chi connectivity index (χ0n) is 18.0. The van der Waals surface area contributed by atoms with E-state index in [2.05, 4.69) is 11.8 Å². The highest BCUT2D eigenvalue weighted by atomic mass is 35.5. The summed E-state index contributed by atoms with van der Waals surface area (Å²) in [5, 5.41) is 9.49. The fourth-order valence-electron chi connectivity index (χ4n) is 4.48. The zero-order chi connectivity index (χ0) is 22.0. The molecule has 2 aromatic carbocycles. The number of carboxylic acids is 1. The highest BCUT2D eigenvalue weighted by Gasteiger charge is 2.44. The summed E-state index contributed by atoms with van der Waals surface area (Å²) in [6, 6.07) is 9.39. The van der Waals surface area contributed by atoms with Crippen molar-refractivity contribution in [3.05, 3.63) is 57.9 Å². The van der Waals surface area contributed by atoms with Crippen molar-refractivity contribution in [2.24, 2.45) is 0 Å². The number of benzene rings is 2. The van der Waals surface area contributed by atoms with E-state index in [1.165, 1.54) is 0 Å². The molecule has 0 bridgehead atoms. The van der Waals surface area contributed by atoms with Crippen LogP contribution >= 0.6 is 24.0 Å². The van der Waals surface area contributed by atoms with Crippen LogP contribution in [0.5, 0.6) is 11.5 Å². The summed E-state index contributed by atoms with van der Waals surface area (Å²) in [7, 11) is 0. The number of likely N-dealkylation sites (tertiary alicyclic amines) is 1. The Balaban J connectivity index is 0.00000289. The molecular weight excluding hydrogens is 456 g/mol. The maximum atomic E-state index is 15.2. The second kappa shape index (κ2) is 10.3. The van der Waals surface area contributed by atoms with Gasteiger partial charge in [-0.25, -0.2) is 0 Å². The zero-order valence-corrected chi connectivity index (χ0v) is 19.6. The Morgan fingerprint density at radius 2 is 2.03 bits per heavy atom. The summed E-state index contributed by atoms with van der Waals surface area (Å²) < 4.78 is 26.8. The molecule has 0 saturated carbocycles. The van der Waals surface area contributed by atoms with Crippen LogP contribution in [0.4, 0.5) is 4.39 Å². The van der Waals surface area contributed by atoms with Crippen molar-refractivity contribution in [1.82, 2.24) is 4.90 Å². The van der Waals surface area contributed by atoms with Crippen LogP contribution < -0.4 is 9.47 Å². The molecule has 32 heavy (non-hydrogen) atoms. The molecule has 2 aliphatic rings. The fourth-order valence-corrected chi connectivity index (χ4v) is 4.65. The first-order valence-electron chi connectivity index (χ1n) is 10.7. The molecule has 1 N–H and O–H groups in total. The van der Waals surface area contributed by atoms with Gasteiger partial charge in [0.15, 0.2) is 11.5 Å². The molecule has 0 unspecified atom stereocenters. The third-order valence-corrected chi connectivity index (χ3v) is 6.85. The van der Waals surface area contributed by atoms with Gasteiger partial charge in [0.1, 0.15) is 6.61 Å². The van der Waals surface area contributed by atoms with Gasteiger partial charge in [-0.1, -0.05) is 36.7 Å². The minimum absolute atomic E-state index is 0. The highest BCUT2D eigenvalue weighted by molar-refractivity contribution is 6.31. The van der Waals surface area contributed by atoms with Crippen molar-refractivity contribution in [3.63, 3.8) is 0 Å². The summed E-state index contributed by atoms with van der Waals surface area (Å²) in [4.78, 5) is 13.0. The van der Waals surface area contributed by atoms with Gasteiger partial charge in [0.25, 0.3) is 0 Å². The Morgan fingerprint density at radius 3 is 2.72 bits per heavy atom. The van der Waals surface area contributed by atoms with Crippen molar-refractivity contribution in [2.75, 3.05) is 26.2 Å². The molecule has 1 spiro atoms. The van der Waals surface area contributed by atoms with Crippen LogP contribution in [0.3, 0.4) is 0 Å². The average Bonchev–Trinajstić information content (AvgIpc) is 3.12. The van der Waals surface area contributed by atoms with Crippen molar-refractivity contribution in [3.8, 4) is 11.5 Å². The lowest BCUT2D eigenvalue weighted by molar-refractivity contribution is -0.137. The van der Waals surface area contributed by atoms with E-state index in [4.69, 9.17) is 26.2 Å². The van der Waals surface area contributed by atoms with Crippen LogP contribution in [-0.4, -0.2) is 42.2 Å². The van der Waals surface area contributed by atoms with Crippen LogP contribution in [0.2, 0.25) is 5.02 Å². The number of fused-ring (bicyclic) bond motifs is 2. The van der Waals surface area contributed by atoms with Gasteiger partial charge in [0, 0.05) is 28.1 Å². The summed E-state index contributed by atoms with van der Waals surface area (Å²) in [6.45, 7) is 4.80. The van der Waals surface area contributed by atoms with Crippen molar-refractivity contribution in [2.45, 2.75) is 44.6 Å². The van der Waals surface area contributed by atoms with Gasteiger partial charge >= 0.3 is 5.97 Å². The Bertz CT molecular complexity index is 977. The lowest BCUT2D eigenvalue weighted by atomic mass is 9.74. The molecule has 0 radical (unpaired) electrons. The molecule has 0 atom stereocenters. The number of nitrogens with zero attached hydrogens (tertiary/aromatic N) is 1. The van der Waals surface area contributed by atoms with Gasteiger partial charge in [-0.3, -0.25) is 4.79 Å². The van der Waals surface area contributed by atoms with Gasteiger partial charge < -0.3 is 19.5 Å². The van der Waals surface area contributed by atoms with Crippen LogP contribution in [0, 0.1) is 5.82 Å². The molecule has 2 heterocycles. The van der Waals surface area contributed by atoms with Gasteiger partial charge in [-0.15, -0.1) is 12.4 Å². The first-order chi connectivity index (χ1) is 14.9. The van der Waals surface area contributed by atoms with Gasteiger partial charge in [-0.05, 0) is 50.0 Å². The normalized spacial score (nSPS) is 16.8. The molecule has 0 aromatic heterocycles. The van der Waals surface area contributed by atoms with E-state index in [-0.39, 0.29) is 42.3 Å². The number of rotatable bonds is 7. The molecule has 1 saturated heterocycles. The maximum absolute atomic E-state index is 15.2. The number of aryl methyl sites for hydroxylation is 1. The quantitative estimate of drug-likeness (QED) is 0.583. The van der Waals surface area contributed by atoms with Crippen LogP contribution in [0.25, 0.3) is 0 Å². The Labute approximate surface area is 198 Å². The highest BCUT2D eigenvalue weighted by Crippen LogP contribution is 2.48. The number of hydrogen-bond donors (Lipinski definition) is 1. The lowest BCUT2D eigenvalue weighted by Gasteiger charge is -2.38. The number of piperidine rings is 1.